The molecule has 150 valence electrons. The first kappa shape index (κ1) is 21.0. The van der Waals surface area contributed by atoms with Gasteiger partial charge in [0.05, 0.1) is 5.56 Å². The van der Waals surface area contributed by atoms with Crippen molar-refractivity contribution in [3.05, 3.63) is 23.8 Å². The van der Waals surface area contributed by atoms with E-state index in [1.165, 1.54) is 0 Å². The van der Waals surface area contributed by atoms with E-state index in [0.717, 1.165) is 38.0 Å². The fraction of sp³-hybridized carbons (Fsp3) is 0.600. The number of hydrogen-bond acceptors (Lipinski definition) is 4. The number of rotatable bonds is 8. The lowest BCUT2D eigenvalue weighted by atomic mass is 9.98. The standard InChI is InChI=1S/C20H32N4O3/c1-4-21-20(26)23-16-6-7-18(24-11-8-15(2)9-12-24)17(14-16)19(25)22-10-5-13-27-3/h6-7,14-15H,4-5,8-13H2,1-3H3,(H,22,25)(H2,21,23,26). The van der Waals surface area contributed by atoms with Crippen molar-refractivity contribution in [2.45, 2.75) is 33.1 Å². The van der Waals surface area contributed by atoms with Gasteiger partial charge in [-0.1, -0.05) is 6.92 Å². The quantitative estimate of drug-likeness (QED) is 0.609. The molecule has 1 heterocycles. The predicted molar refractivity (Wildman–Crippen MR) is 109 cm³/mol. The van der Waals surface area contributed by atoms with E-state index in [1.54, 1.807) is 13.2 Å². The van der Waals surface area contributed by atoms with Crippen LogP contribution < -0.4 is 20.9 Å². The van der Waals surface area contributed by atoms with Gasteiger partial charge in [-0.15, -0.1) is 0 Å². The third-order valence-electron chi connectivity index (χ3n) is 4.77. The first-order valence-corrected chi connectivity index (χ1v) is 9.76. The topological polar surface area (TPSA) is 82.7 Å². The number of carbonyl (C=O) groups is 2. The molecule has 1 aliphatic heterocycles. The average Bonchev–Trinajstić information content (AvgIpc) is 2.66. The molecule has 0 aliphatic carbocycles. The summed E-state index contributed by atoms with van der Waals surface area (Å²) in [5, 5.41) is 8.44. The lowest BCUT2D eigenvalue weighted by Crippen LogP contribution is -2.35. The maximum absolute atomic E-state index is 12.8. The molecule has 1 fully saturated rings. The molecule has 2 rings (SSSR count). The van der Waals surface area contributed by atoms with Crippen LogP contribution in [0.2, 0.25) is 0 Å². The van der Waals surface area contributed by atoms with Crippen LogP contribution in [0.3, 0.4) is 0 Å². The van der Waals surface area contributed by atoms with E-state index in [0.29, 0.717) is 36.9 Å². The third-order valence-corrected chi connectivity index (χ3v) is 4.77. The number of methoxy groups -OCH3 is 1. The van der Waals surface area contributed by atoms with Gasteiger partial charge in [0.1, 0.15) is 0 Å². The number of nitrogens with zero attached hydrogens (tertiary/aromatic N) is 1. The minimum atomic E-state index is -0.275. The minimum absolute atomic E-state index is 0.126. The second-order valence-corrected chi connectivity index (χ2v) is 6.99. The molecule has 0 saturated carbocycles. The number of amides is 3. The van der Waals surface area contributed by atoms with Gasteiger partial charge in [0.15, 0.2) is 0 Å². The molecule has 0 unspecified atom stereocenters. The smallest absolute Gasteiger partial charge is 0.319 e. The average molecular weight is 377 g/mol. The lowest BCUT2D eigenvalue weighted by Gasteiger charge is -2.33. The molecular weight excluding hydrogens is 344 g/mol. The number of ether oxygens (including phenoxy) is 1. The van der Waals surface area contributed by atoms with Crippen molar-refractivity contribution in [3.8, 4) is 0 Å². The molecule has 0 aromatic heterocycles. The van der Waals surface area contributed by atoms with Crippen LogP contribution in [0.4, 0.5) is 16.2 Å². The number of carbonyl (C=O) groups excluding carboxylic acids is 2. The van der Waals surface area contributed by atoms with E-state index in [4.69, 9.17) is 4.74 Å². The summed E-state index contributed by atoms with van der Waals surface area (Å²) in [6, 6.07) is 5.27. The zero-order valence-electron chi connectivity index (χ0n) is 16.6. The highest BCUT2D eigenvalue weighted by atomic mass is 16.5. The Morgan fingerprint density at radius 3 is 2.63 bits per heavy atom. The van der Waals surface area contributed by atoms with Crippen LogP contribution in [0.1, 0.15) is 43.5 Å². The van der Waals surface area contributed by atoms with Gasteiger partial charge in [-0.2, -0.15) is 0 Å². The van der Waals surface area contributed by atoms with Crippen LogP contribution in [0.15, 0.2) is 18.2 Å². The lowest BCUT2D eigenvalue weighted by molar-refractivity contribution is 0.0949. The molecule has 3 N–H and O–H groups in total. The van der Waals surface area contributed by atoms with Gasteiger partial charge < -0.3 is 25.6 Å². The van der Waals surface area contributed by atoms with Crippen molar-refractivity contribution < 1.29 is 14.3 Å². The molecule has 0 radical (unpaired) electrons. The summed E-state index contributed by atoms with van der Waals surface area (Å²) < 4.78 is 5.03. The molecule has 7 nitrogen and oxygen atoms in total. The van der Waals surface area contributed by atoms with Gasteiger partial charge in [0.2, 0.25) is 0 Å². The number of hydrogen-bond donors (Lipinski definition) is 3. The molecular formula is C20H32N4O3. The first-order valence-electron chi connectivity index (χ1n) is 9.76. The van der Waals surface area contributed by atoms with Crippen LogP contribution in [-0.2, 0) is 4.74 Å². The van der Waals surface area contributed by atoms with Crippen molar-refractivity contribution in [2.24, 2.45) is 5.92 Å². The molecule has 1 aromatic carbocycles. The zero-order chi connectivity index (χ0) is 19.6. The fourth-order valence-electron chi connectivity index (χ4n) is 3.17. The van der Waals surface area contributed by atoms with Gasteiger partial charge >= 0.3 is 6.03 Å². The van der Waals surface area contributed by atoms with Crippen LogP contribution in [0.5, 0.6) is 0 Å². The highest BCUT2D eigenvalue weighted by molar-refractivity contribution is 6.02. The summed E-state index contributed by atoms with van der Waals surface area (Å²) in [7, 11) is 1.65. The normalized spacial score (nSPS) is 14.7. The summed E-state index contributed by atoms with van der Waals surface area (Å²) in [5.74, 6) is 0.588. The van der Waals surface area contributed by atoms with Crippen molar-refractivity contribution >= 4 is 23.3 Å². The molecule has 1 aromatic rings. The number of piperidine rings is 1. The molecule has 1 aliphatic rings. The van der Waals surface area contributed by atoms with Crippen molar-refractivity contribution in [1.29, 1.82) is 0 Å². The summed E-state index contributed by atoms with van der Waals surface area (Å²) in [6.07, 6.45) is 3.00. The number of urea groups is 1. The Balaban J connectivity index is 2.18. The van der Waals surface area contributed by atoms with Crippen molar-refractivity contribution in [3.63, 3.8) is 0 Å². The summed E-state index contributed by atoms with van der Waals surface area (Å²) >= 11 is 0. The maximum Gasteiger partial charge on any atom is 0.319 e. The van der Waals surface area contributed by atoms with E-state index in [9.17, 15) is 9.59 Å². The highest BCUT2D eigenvalue weighted by Gasteiger charge is 2.21. The monoisotopic (exact) mass is 376 g/mol. The van der Waals surface area contributed by atoms with Gasteiger partial charge in [-0.3, -0.25) is 4.79 Å². The Labute approximate surface area is 161 Å². The Morgan fingerprint density at radius 1 is 1.22 bits per heavy atom. The molecule has 27 heavy (non-hydrogen) atoms. The van der Waals surface area contributed by atoms with Gasteiger partial charge in [-0.05, 0) is 50.3 Å². The van der Waals surface area contributed by atoms with Crippen LogP contribution in [0, 0.1) is 5.92 Å². The minimum Gasteiger partial charge on any atom is -0.385 e. The SMILES string of the molecule is CCNC(=O)Nc1ccc(N2CCC(C)CC2)c(C(=O)NCCCOC)c1. The molecule has 0 bridgehead atoms. The summed E-state index contributed by atoms with van der Waals surface area (Å²) in [6.45, 7) is 7.71. The van der Waals surface area contributed by atoms with E-state index in [-0.39, 0.29) is 11.9 Å². The van der Waals surface area contributed by atoms with Crippen molar-refractivity contribution in [1.82, 2.24) is 10.6 Å². The molecule has 7 heteroatoms. The zero-order valence-corrected chi connectivity index (χ0v) is 16.6. The second-order valence-electron chi connectivity index (χ2n) is 6.99. The van der Waals surface area contributed by atoms with E-state index in [1.807, 2.05) is 19.1 Å². The fourth-order valence-corrected chi connectivity index (χ4v) is 3.17. The Kier molecular flexibility index (Phi) is 8.39. The molecule has 1 saturated heterocycles. The van der Waals surface area contributed by atoms with Crippen LogP contribution >= 0.6 is 0 Å². The van der Waals surface area contributed by atoms with Gasteiger partial charge in [0.25, 0.3) is 5.91 Å². The van der Waals surface area contributed by atoms with E-state index >= 15 is 0 Å². The third kappa shape index (κ3) is 6.43. The largest absolute Gasteiger partial charge is 0.385 e. The van der Waals surface area contributed by atoms with E-state index < -0.39 is 0 Å². The van der Waals surface area contributed by atoms with Crippen LogP contribution in [-0.4, -0.2) is 51.8 Å². The Bertz CT molecular complexity index is 628. The van der Waals surface area contributed by atoms with Crippen LogP contribution in [0.25, 0.3) is 0 Å². The highest BCUT2D eigenvalue weighted by Crippen LogP contribution is 2.28. The van der Waals surface area contributed by atoms with Gasteiger partial charge in [0, 0.05) is 51.3 Å². The number of benzene rings is 1. The number of anilines is 2. The van der Waals surface area contributed by atoms with Crippen molar-refractivity contribution in [2.75, 3.05) is 50.1 Å². The predicted octanol–water partition coefficient (Wildman–Crippen LogP) is 2.83. The summed E-state index contributed by atoms with van der Waals surface area (Å²) in [4.78, 5) is 26.9. The molecule has 0 atom stereocenters. The first-order chi connectivity index (χ1) is 13.0. The second kappa shape index (κ2) is 10.8. The Hall–Kier alpha value is -2.28. The number of nitrogens with one attached hydrogen (secondary N) is 3. The van der Waals surface area contributed by atoms with Gasteiger partial charge in [-0.25, -0.2) is 4.79 Å². The summed E-state index contributed by atoms with van der Waals surface area (Å²) in [5.41, 5.74) is 2.13. The molecule has 0 spiro atoms. The Morgan fingerprint density at radius 2 is 1.96 bits per heavy atom. The van der Waals surface area contributed by atoms with E-state index in [2.05, 4.69) is 27.8 Å². The maximum atomic E-state index is 12.8. The molecule has 3 amide bonds.